The predicted octanol–water partition coefficient (Wildman–Crippen LogP) is 6.27. The van der Waals surface area contributed by atoms with E-state index in [-0.39, 0.29) is 11.2 Å². The molecule has 10 heteroatoms. The maximum atomic E-state index is 12.5. The van der Waals surface area contributed by atoms with Crippen LogP contribution in [0.2, 0.25) is 10.0 Å². The summed E-state index contributed by atoms with van der Waals surface area (Å²) in [4.78, 5) is 12.5. The molecule has 1 unspecified atom stereocenters. The third-order valence-corrected chi connectivity index (χ3v) is 7.62. The summed E-state index contributed by atoms with van der Waals surface area (Å²) in [6, 6.07) is 12.9. The van der Waals surface area contributed by atoms with Crippen LogP contribution >= 0.6 is 58.1 Å². The van der Waals surface area contributed by atoms with Gasteiger partial charge in [0.25, 0.3) is 0 Å². The molecule has 0 radical (unpaired) electrons. The molecule has 1 heterocycles. The maximum absolute atomic E-state index is 12.5. The summed E-state index contributed by atoms with van der Waals surface area (Å²) in [6.45, 7) is 1.81. The van der Waals surface area contributed by atoms with Crippen LogP contribution in [-0.2, 0) is 10.5 Å². The fourth-order valence-electron chi connectivity index (χ4n) is 2.20. The van der Waals surface area contributed by atoms with Crippen molar-refractivity contribution in [3.63, 3.8) is 0 Å². The van der Waals surface area contributed by atoms with Crippen LogP contribution in [0.5, 0.6) is 5.75 Å². The molecule has 2 aromatic carbocycles. The number of nitrogens with one attached hydrogen (secondary N) is 1. The molecule has 3 aromatic rings. The number of nitrogens with zero attached hydrogens (tertiary/aromatic N) is 2. The Morgan fingerprint density at radius 3 is 2.62 bits per heavy atom. The maximum Gasteiger partial charge on any atom is 0.237 e. The van der Waals surface area contributed by atoms with Crippen LogP contribution in [0.1, 0.15) is 12.5 Å². The SMILES string of the molecule is COc1ccc(CSc2nnc(SC(C)C(=O)Nc3cc(Cl)ccc3Cl)s2)cc1. The van der Waals surface area contributed by atoms with Gasteiger partial charge in [0, 0.05) is 10.8 Å². The number of carbonyl (C=O) groups excluding carboxylic acids is 1. The van der Waals surface area contributed by atoms with Crippen molar-refractivity contribution < 1.29 is 9.53 Å². The first-order chi connectivity index (χ1) is 13.9. The molecule has 0 bridgehead atoms. The molecule has 3 rings (SSSR count). The standard InChI is InChI=1S/C19H17Cl2N3O2S3/c1-11(17(25)22-16-9-13(20)5-8-15(16)21)28-19-24-23-18(29-19)27-10-12-3-6-14(26-2)7-4-12/h3-9,11H,10H2,1-2H3,(H,22,25). The van der Waals surface area contributed by atoms with Crippen LogP contribution in [0.3, 0.4) is 0 Å². The number of thioether (sulfide) groups is 2. The van der Waals surface area contributed by atoms with E-state index in [1.54, 1.807) is 37.1 Å². The Balaban J connectivity index is 1.53. The molecule has 5 nitrogen and oxygen atoms in total. The highest BCUT2D eigenvalue weighted by Gasteiger charge is 2.18. The molecule has 0 fully saturated rings. The van der Waals surface area contributed by atoms with E-state index >= 15 is 0 Å². The lowest BCUT2D eigenvalue weighted by molar-refractivity contribution is -0.115. The normalized spacial score (nSPS) is 11.9. The lowest BCUT2D eigenvalue weighted by Crippen LogP contribution is -2.22. The van der Waals surface area contributed by atoms with E-state index in [1.807, 2.05) is 31.2 Å². The van der Waals surface area contributed by atoms with E-state index < -0.39 is 0 Å². The fourth-order valence-corrected chi connectivity index (χ4v) is 5.66. The number of hydrogen-bond acceptors (Lipinski definition) is 7. The van der Waals surface area contributed by atoms with Gasteiger partial charge in [-0.3, -0.25) is 4.79 Å². The molecule has 1 aromatic heterocycles. The molecule has 1 N–H and O–H groups in total. The highest BCUT2D eigenvalue weighted by Crippen LogP contribution is 2.33. The molecule has 0 saturated heterocycles. The second-order valence-corrected chi connectivity index (χ2v) is 10.5. The number of hydrogen-bond donors (Lipinski definition) is 1. The molecule has 1 amide bonds. The van der Waals surface area contributed by atoms with E-state index in [9.17, 15) is 4.79 Å². The number of methoxy groups -OCH3 is 1. The zero-order chi connectivity index (χ0) is 20.8. The third-order valence-electron chi connectivity index (χ3n) is 3.74. The molecule has 0 aliphatic rings. The highest BCUT2D eigenvalue weighted by atomic mass is 35.5. The van der Waals surface area contributed by atoms with Crippen LogP contribution in [0.4, 0.5) is 5.69 Å². The van der Waals surface area contributed by atoms with Gasteiger partial charge >= 0.3 is 0 Å². The molecular weight excluding hydrogens is 469 g/mol. The van der Waals surface area contributed by atoms with Gasteiger partial charge in [0.05, 0.1) is 23.1 Å². The molecular formula is C19H17Cl2N3O2S3. The van der Waals surface area contributed by atoms with E-state index in [2.05, 4.69) is 15.5 Å². The Labute approximate surface area is 191 Å². The van der Waals surface area contributed by atoms with Crippen LogP contribution < -0.4 is 10.1 Å². The van der Waals surface area contributed by atoms with Crippen LogP contribution in [0, 0.1) is 0 Å². The lowest BCUT2D eigenvalue weighted by atomic mass is 10.2. The van der Waals surface area contributed by atoms with Gasteiger partial charge < -0.3 is 10.1 Å². The Morgan fingerprint density at radius 2 is 1.90 bits per heavy atom. The van der Waals surface area contributed by atoms with Gasteiger partial charge in [-0.25, -0.2) is 0 Å². The van der Waals surface area contributed by atoms with Crippen LogP contribution in [-0.4, -0.2) is 28.5 Å². The quantitative estimate of drug-likeness (QED) is 0.379. The second kappa shape index (κ2) is 10.5. The fraction of sp³-hybridized carbons (Fsp3) is 0.211. The Kier molecular flexibility index (Phi) is 8.08. The average Bonchev–Trinajstić information content (AvgIpc) is 3.16. The number of carbonyl (C=O) groups is 1. The van der Waals surface area contributed by atoms with Gasteiger partial charge in [-0.1, -0.05) is 70.2 Å². The second-order valence-electron chi connectivity index (χ2n) is 5.84. The van der Waals surface area contributed by atoms with Gasteiger partial charge in [-0.05, 0) is 42.8 Å². The number of benzene rings is 2. The van der Waals surface area contributed by atoms with Gasteiger partial charge in [0.2, 0.25) is 5.91 Å². The molecule has 0 saturated carbocycles. The Bertz CT molecular complexity index is 983. The van der Waals surface area contributed by atoms with Crippen molar-refractivity contribution in [3.05, 3.63) is 58.1 Å². The number of amides is 1. The topological polar surface area (TPSA) is 64.1 Å². The number of aromatic nitrogens is 2. The summed E-state index contributed by atoms with van der Waals surface area (Å²) in [5, 5.41) is 11.8. The van der Waals surface area contributed by atoms with Crippen molar-refractivity contribution in [3.8, 4) is 5.75 Å². The molecule has 0 spiro atoms. The number of halogens is 2. The van der Waals surface area contributed by atoms with Crippen molar-refractivity contribution in [2.45, 2.75) is 26.6 Å². The zero-order valence-corrected chi connectivity index (χ0v) is 19.5. The van der Waals surface area contributed by atoms with Crippen LogP contribution in [0.15, 0.2) is 51.1 Å². The molecule has 0 aliphatic carbocycles. The monoisotopic (exact) mass is 485 g/mol. The first kappa shape index (κ1) is 22.2. The lowest BCUT2D eigenvalue weighted by Gasteiger charge is -2.11. The smallest absolute Gasteiger partial charge is 0.237 e. The molecule has 29 heavy (non-hydrogen) atoms. The summed E-state index contributed by atoms with van der Waals surface area (Å²) in [7, 11) is 1.65. The van der Waals surface area contributed by atoms with Gasteiger partial charge in [0.1, 0.15) is 5.75 Å². The third kappa shape index (κ3) is 6.52. The van der Waals surface area contributed by atoms with Gasteiger partial charge in [0.15, 0.2) is 8.68 Å². The molecule has 152 valence electrons. The largest absolute Gasteiger partial charge is 0.497 e. The number of ether oxygens (including phenoxy) is 1. The Hall–Kier alpha value is -1.45. The average molecular weight is 486 g/mol. The van der Waals surface area contributed by atoms with Gasteiger partial charge in [-0.2, -0.15) is 0 Å². The van der Waals surface area contributed by atoms with Crippen molar-refractivity contribution in [1.29, 1.82) is 0 Å². The van der Waals surface area contributed by atoms with Crippen molar-refractivity contribution in [2.75, 3.05) is 12.4 Å². The summed E-state index contributed by atoms with van der Waals surface area (Å²) in [5.74, 6) is 1.44. The molecule has 0 aliphatic heterocycles. The van der Waals surface area contributed by atoms with Gasteiger partial charge in [-0.15, -0.1) is 10.2 Å². The van der Waals surface area contributed by atoms with Crippen molar-refractivity contribution in [1.82, 2.24) is 10.2 Å². The summed E-state index contributed by atoms with van der Waals surface area (Å²) >= 11 is 16.5. The van der Waals surface area contributed by atoms with Crippen LogP contribution in [0.25, 0.3) is 0 Å². The number of anilines is 1. The minimum absolute atomic E-state index is 0.179. The first-order valence-corrected chi connectivity index (χ1v) is 11.9. The summed E-state index contributed by atoms with van der Waals surface area (Å²) in [5.41, 5.74) is 1.66. The molecule has 1 atom stereocenters. The predicted molar refractivity (Wildman–Crippen MR) is 123 cm³/mol. The van der Waals surface area contributed by atoms with E-state index in [0.717, 1.165) is 20.2 Å². The minimum Gasteiger partial charge on any atom is -0.497 e. The van der Waals surface area contributed by atoms with E-state index in [1.165, 1.54) is 28.7 Å². The van der Waals surface area contributed by atoms with E-state index in [4.69, 9.17) is 27.9 Å². The van der Waals surface area contributed by atoms with Crippen molar-refractivity contribution in [2.24, 2.45) is 0 Å². The Morgan fingerprint density at radius 1 is 1.17 bits per heavy atom. The number of rotatable bonds is 8. The van der Waals surface area contributed by atoms with E-state index in [0.29, 0.717) is 15.7 Å². The van der Waals surface area contributed by atoms with Crippen molar-refractivity contribution >= 4 is 69.7 Å². The summed E-state index contributed by atoms with van der Waals surface area (Å²) in [6.07, 6.45) is 0. The zero-order valence-electron chi connectivity index (χ0n) is 15.5. The first-order valence-electron chi connectivity index (χ1n) is 8.46. The minimum atomic E-state index is -0.363. The highest BCUT2D eigenvalue weighted by molar-refractivity contribution is 8.03. The summed E-state index contributed by atoms with van der Waals surface area (Å²) < 4.78 is 6.76.